The van der Waals surface area contributed by atoms with Gasteiger partial charge in [0.25, 0.3) is 0 Å². The van der Waals surface area contributed by atoms with E-state index in [1.54, 1.807) is 72.1 Å². The lowest BCUT2D eigenvalue weighted by Gasteiger charge is -2.68. The number of esters is 3. The van der Waals surface area contributed by atoms with Crippen LogP contribution in [0.5, 0.6) is 0 Å². The van der Waals surface area contributed by atoms with Gasteiger partial charge >= 0.3 is 24.0 Å². The molecule has 1 amide bonds. The fraction of sp³-hybridized carbons (Fsp3) is 0.638. The quantitative estimate of drug-likeness (QED) is 0.156. The molecule has 8 rings (SSSR count). The second kappa shape index (κ2) is 17.6. The highest BCUT2D eigenvalue weighted by Gasteiger charge is 2.77. The van der Waals surface area contributed by atoms with Crippen molar-refractivity contribution in [3.8, 4) is 0 Å². The summed E-state index contributed by atoms with van der Waals surface area (Å²) < 4.78 is 65.4. The Labute approximate surface area is 377 Å². The fourth-order valence-corrected chi connectivity index (χ4v) is 11.4. The van der Waals surface area contributed by atoms with Crippen LogP contribution in [0.4, 0.5) is 9.18 Å². The maximum atomic E-state index is 15.3. The summed E-state index contributed by atoms with van der Waals surface area (Å²) in [6.45, 7) is 13.4. The van der Waals surface area contributed by atoms with E-state index in [4.69, 9.17) is 37.9 Å². The number of amides is 1. The molecule has 0 unspecified atom stereocenters. The molecule has 1 aromatic heterocycles. The second-order valence-corrected chi connectivity index (χ2v) is 19.3. The van der Waals surface area contributed by atoms with Gasteiger partial charge < -0.3 is 53.4 Å². The molecule has 354 valence electrons. The number of nitrogens with one attached hydrogen (secondary N) is 1. The number of alkyl carbamates (subject to hydrolysis) is 1. The van der Waals surface area contributed by atoms with Gasteiger partial charge in [0.05, 0.1) is 36.4 Å². The van der Waals surface area contributed by atoms with Crippen LogP contribution in [0.15, 0.2) is 59.8 Å². The van der Waals surface area contributed by atoms with E-state index < -0.39 is 125 Å². The number of methoxy groups -OCH3 is 1. The topological polar surface area (TPSA) is 211 Å². The van der Waals surface area contributed by atoms with Crippen LogP contribution in [0.1, 0.15) is 89.8 Å². The van der Waals surface area contributed by atoms with Crippen LogP contribution in [0.2, 0.25) is 0 Å². The molecule has 65 heavy (non-hydrogen) atoms. The number of aromatic nitrogens is 1. The first kappa shape index (κ1) is 47.0. The zero-order chi connectivity index (χ0) is 46.8. The summed E-state index contributed by atoms with van der Waals surface area (Å²) in [6, 6.07) is 8.90. The van der Waals surface area contributed by atoms with Gasteiger partial charge in [0, 0.05) is 57.1 Å². The Hall–Kier alpha value is -4.56. The van der Waals surface area contributed by atoms with E-state index in [0.717, 1.165) is 6.07 Å². The number of aliphatic hydroxyl groups is 2. The van der Waals surface area contributed by atoms with Crippen molar-refractivity contribution in [3.05, 3.63) is 76.9 Å². The van der Waals surface area contributed by atoms with E-state index in [0.29, 0.717) is 43.6 Å². The monoisotopic (exact) mass is 909 g/mol. The van der Waals surface area contributed by atoms with Crippen LogP contribution in [0.25, 0.3) is 0 Å². The number of fused-ring (bicyclic) bond motifs is 8. The number of hydrogen-bond donors (Lipinski definition) is 3. The lowest BCUT2D eigenvalue weighted by molar-refractivity contribution is -0.345. The predicted octanol–water partition coefficient (Wildman–Crippen LogP) is 3.94. The van der Waals surface area contributed by atoms with Crippen LogP contribution in [0, 0.1) is 22.6 Å². The van der Waals surface area contributed by atoms with Gasteiger partial charge in [-0.05, 0) is 69.0 Å². The number of benzene rings is 1. The highest BCUT2D eigenvalue weighted by Crippen LogP contribution is 2.66. The van der Waals surface area contributed by atoms with Crippen LogP contribution in [-0.2, 0) is 47.5 Å². The van der Waals surface area contributed by atoms with E-state index in [-0.39, 0.29) is 18.3 Å². The number of nitrogens with zero attached hydrogens (tertiary/aromatic N) is 2. The van der Waals surface area contributed by atoms with Gasteiger partial charge in [0.1, 0.15) is 47.6 Å². The van der Waals surface area contributed by atoms with Gasteiger partial charge in [0.15, 0.2) is 18.0 Å². The average Bonchev–Trinajstić information content (AvgIpc) is 3.64. The van der Waals surface area contributed by atoms with Crippen LogP contribution < -0.4 is 5.32 Å². The molecule has 6 aliphatic rings. The largest absolute Gasteiger partial charge is 0.456 e. The minimum atomic E-state index is -2.24. The molecule has 2 saturated carbocycles. The molecule has 2 bridgehead atoms. The maximum absolute atomic E-state index is 15.3. The number of rotatable bonds is 12. The first-order chi connectivity index (χ1) is 30.7. The maximum Gasteiger partial charge on any atom is 0.408 e. The number of aliphatic hydroxyl groups excluding tert-OH is 1. The van der Waals surface area contributed by atoms with Crippen molar-refractivity contribution >= 4 is 24.0 Å². The number of pyridine rings is 1. The van der Waals surface area contributed by atoms with Gasteiger partial charge in [0.2, 0.25) is 0 Å². The van der Waals surface area contributed by atoms with Crippen molar-refractivity contribution in [2.45, 2.75) is 140 Å². The number of halogens is 1. The summed E-state index contributed by atoms with van der Waals surface area (Å²) in [7, 11) is 1.66. The molecular weight excluding hydrogens is 850 g/mol. The third-order valence-electron chi connectivity index (χ3n) is 14.7. The van der Waals surface area contributed by atoms with Crippen molar-refractivity contribution in [3.63, 3.8) is 0 Å². The Morgan fingerprint density at radius 3 is 2.40 bits per heavy atom. The van der Waals surface area contributed by atoms with Gasteiger partial charge in [-0.3, -0.25) is 14.7 Å². The smallest absolute Gasteiger partial charge is 0.408 e. The molecule has 3 saturated heterocycles. The number of carbonyl (C=O) groups excluding carboxylic acids is 4. The Morgan fingerprint density at radius 2 is 1.77 bits per heavy atom. The third-order valence-corrected chi connectivity index (χ3v) is 14.7. The van der Waals surface area contributed by atoms with E-state index in [1.165, 1.54) is 19.2 Å². The van der Waals surface area contributed by atoms with Crippen LogP contribution in [0.3, 0.4) is 0 Å². The van der Waals surface area contributed by atoms with E-state index in [1.807, 2.05) is 6.92 Å². The molecule has 3 aliphatic heterocycles. The summed E-state index contributed by atoms with van der Waals surface area (Å²) in [5.41, 5.74) is -5.18. The standard InChI is InChI=1S/C47H60FN3O14/c1-24(2)60-43(56)50-35(34-29(48)15-12-18-49-34)36(53)42(55)61-30-19-47(57)40(64-41(54)27-13-10-9-11-14-27)38-45(7,17-16-31-46(38,23-59-31)65-26(4)52)39-37(33(25(30)3)44(47,5)6)62-32(63-39)22-51-20-28(21-51)58-8/h9-15,18,24,28,30-32,35-40,53,57H,16-17,19-23H2,1-8H3,(H,50,56)/t30-,31+,32+,35-,36+,37+,38-,39+,40-,45+,46-,47+/m0/s1. The predicted molar refractivity (Wildman–Crippen MR) is 225 cm³/mol. The van der Waals surface area contributed by atoms with Gasteiger partial charge in [-0.1, -0.05) is 39.0 Å². The van der Waals surface area contributed by atoms with Crippen LogP contribution >= 0.6 is 0 Å². The normalized spacial score (nSPS) is 34.8. The molecule has 0 spiro atoms. The third kappa shape index (κ3) is 8.12. The Bertz CT molecular complexity index is 2190. The molecule has 17 nitrogen and oxygen atoms in total. The van der Waals surface area contributed by atoms with Gasteiger partial charge in [-0.15, -0.1) is 0 Å². The Kier molecular flexibility index (Phi) is 12.7. The average molecular weight is 910 g/mol. The molecule has 3 aliphatic carbocycles. The van der Waals surface area contributed by atoms with Crippen molar-refractivity contribution in [1.29, 1.82) is 0 Å². The summed E-state index contributed by atoms with van der Waals surface area (Å²) >= 11 is 0. The SMILES string of the molecule is COC1CN(C[C@@H]2O[C@@H]3C4=C(C)[C@@H](OC(=O)[C@H](O)[C@@H](NC(=O)OC(C)C)c5ncccc5F)C[C@@](O)([C@@H](OC(=O)c5ccccc5)[C@H]5[C@@](C)(CC[C@H]6OC[C@]65OC(C)=O)[C@@H]3O2)C4(C)C)C1. The molecule has 5 fully saturated rings. The molecule has 3 N–H and O–H groups in total. The lowest BCUT2D eigenvalue weighted by atomic mass is 9.45. The Morgan fingerprint density at radius 1 is 1.05 bits per heavy atom. The molecule has 18 heteroatoms. The van der Waals surface area contributed by atoms with Crippen molar-refractivity contribution < 1.29 is 71.7 Å². The van der Waals surface area contributed by atoms with Crippen molar-refractivity contribution in [2.75, 3.05) is 33.4 Å². The summed E-state index contributed by atoms with van der Waals surface area (Å²) in [4.78, 5) is 61.1. The van der Waals surface area contributed by atoms with Gasteiger partial charge in [-0.2, -0.15) is 0 Å². The minimum Gasteiger partial charge on any atom is -0.456 e. The van der Waals surface area contributed by atoms with E-state index >= 15 is 4.39 Å². The molecule has 4 heterocycles. The molecule has 0 radical (unpaired) electrons. The lowest BCUT2D eigenvalue weighted by Crippen LogP contribution is -2.79. The first-order valence-corrected chi connectivity index (χ1v) is 22.3. The number of hydrogen-bond acceptors (Lipinski definition) is 16. The van der Waals surface area contributed by atoms with Crippen molar-refractivity contribution in [1.82, 2.24) is 15.2 Å². The summed E-state index contributed by atoms with van der Waals surface area (Å²) in [6.07, 6.45) is -8.04. The highest BCUT2D eigenvalue weighted by molar-refractivity contribution is 5.89. The first-order valence-electron chi connectivity index (χ1n) is 22.3. The zero-order valence-electron chi connectivity index (χ0n) is 38.0. The number of ether oxygens (including phenoxy) is 8. The van der Waals surface area contributed by atoms with E-state index in [9.17, 15) is 29.4 Å². The number of carbonyl (C=O) groups is 4. The molecule has 2 aromatic rings. The fourth-order valence-electron chi connectivity index (χ4n) is 11.4. The van der Waals surface area contributed by atoms with Crippen LogP contribution in [-0.4, -0.2) is 144 Å². The van der Waals surface area contributed by atoms with Gasteiger partial charge in [-0.25, -0.2) is 18.8 Å². The van der Waals surface area contributed by atoms with E-state index in [2.05, 4.69) is 15.2 Å². The second-order valence-electron chi connectivity index (χ2n) is 19.3. The molecular formula is C47H60FN3O14. The number of likely N-dealkylation sites (tertiary alicyclic amines) is 1. The molecule has 1 aromatic carbocycles. The van der Waals surface area contributed by atoms with Crippen molar-refractivity contribution in [2.24, 2.45) is 16.7 Å². The Balaban J connectivity index is 1.26. The summed E-state index contributed by atoms with van der Waals surface area (Å²) in [5, 5.41) is 28.0. The molecule has 12 atom stereocenters. The summed E-state index contributed by atoms with van der Waals surface area (Å²) in [5.74, 6) is -4.56. The minimum absolute atomic E-state index is 0.0531. The zero-order valence-corrected chi connectivity index (χ0v) is 38.0. The highest BCUT2D eigenvalue weighted by atomic mass is 19.1.